The van der Waals surface area contributed by atoms with E-state index in [0.29, 0.717) is 44.1 Å². The molecule has 10 heteroatoms. The number of carbonyl (C=O) groups is 1. The minimum absolute atomic E-state index is 0.116. The van der Waals surface area contributed by atoms with Crippen molar-refractivity contribution >= 4 is 5.91 Å². The molecule has 1 saturated heterocycles. The van der Waals surface area contributed by atoms with Crippen LogP contribution in [-0.4, -0.2) is 58.6 Å². The summed E-state index contributed by atoms with van der Waals surface area (Å²) >= 11 is 0. The fourth-order valence-corrected chi connectivity index (χ4v) is 4.01. The smallest absolute Gasteiger partial charge is 0.346 e. The minimum atomic E-state index is -0.569. The summed E-state index contributed by atoms with van der Waals surface area (Å²) in [5, 5.41) is 8.61. The Labute approximate surface area is 166 Å². The third-order valence-corrected chi connectivity index (χ3v) is 5.53. The fraction of sp³-hybridized carbons (Fsp3) is 0.421. The number of likely N-dealkylation sites (tertiary alicyclic amines) is 1. The van der Waals surface area contributed by atoms with E-state index in [2.05, 4.69) is 15.2 Å². The van der Waals surface area contributed by atoms with Gasteiger partial charge < -0.3 is 9.64 Å². The van der Waals surface area contributed by atoms with Gasteiger partial charge in [0.15, 0.2) is 5.82 Å². The number of pyridine rings is 1. The number of aryl methyl sites for hydroxylation is 1. The molecule has 0 aromatic carbocycles. The topological polar surface area (TPSA) is 100 Å². The van der Waals surface area contributed by atoms with Crippen LogP contribution < -0.4 is 5.69 Å². The van der Waals surface area contributed by atoms with Crippen molar-refractivity contribution < 1.29 is 9.53 Å². The van der Waals surface area contributed by atoms with Crippen molar-refractivity contribution in [3.8, 4) is 0 Å². The van der Waals surface area contributed by atoms with Crippen LogP contribution in [0, 0.1) is 0 Å². The van der Waals surface area contributed by atoms with Crippen LogP contribution >= 0.6 is 0 Å². The van der Waals surface area contributed by atoms with E-state index in [1.54, 1.807) is 39.7 Å². The summed E-state index contributed by atoms with van der Waals surface area (Å²) < 4.78 is 10.8. The number of hydrogen-bond donors (Lipinski definition) is 0. The third kappa shape index (κ3) is 3.15. The summed E-state index contributed by atoms with van der Waals surface area (Å²) in [6.07, 6.45) is 4.11. The molecule has 1 amide bonds. The number of amides is 1. The Balaban J connectivity index is 1.34. The number of nitrogens with zero attached hydrogens (tertiary/aromatic N) is 7. The molecular formula is C19H21N7O3. The second-order valence-corrected chi connectivity index (χ2v) is 7.59. The fourth-order valence-electron chi connectivity index (χ4n) is 4.01. The zero-order valence-electron chi connectivity index (χ0n) is 16.1. The molecule has 2 aliphatic heterocycles. The SMILES string of the molecule is Cn1ccc(C(=O)N2CCC3(C2)Cn2c(nn(Cc4ccccn4)c2=O)CO3)n1. The molecule has 150 valence electrons. The van der Waals surface area contributed by atoms with E-state index in [0.717, 1.165) is 5.69 Å². The van der Waals surface area contributed by atoms with E-state index < -0.39 is 5.60 Å². The van der Waals surface area contributed by atoms with Crippen molar-refractivity contribution in [2.75, 3.05) is 13.1 Å². The number of carbonyl (C=O) groups excluding carboxylic acids is 1. The second kappa shape index (κ2) is 6.66. The van der Waals surface area contributed by atoms with Gasteiger partial charge in [-0.1, -0.05) is 6.07 Å². The standard InChI is InChI=1S/C19H21N7O3/c1-23-8-5-15(21-23)17(27)24-9-6-19(12-24)13-25-16(11-29-19)22-26(18(25)28)10-14-4-2-3-7-20-14/h2-5,7-8H,6,9-13H2,1H3. The van der Waals surface area contributed by atoms with Crippen molar-refractivity contribution in [2.45, 2.75) is 31.7 Å². The molecule has 0 radical (unpaired) electrons. The Morgan fingerprint density at radius 1 is 1.24 bits per heavy atom. The molecule has 29 heavy (non-hydrogen) atoms. The molecule has 10 nitrogen and oxygen atoms in total. The predicted molar refractivity (Wildman–Crippen MR) is 101 cm³/mol. The zero-order chi connectivity index (χ0) is 20.0. The van der Waals surface area contributed by atoms with Gasteiger partial charge in [0.1, 0.15) is 17.9 Å². The summed E-state index contributed by atoms with van der Waals surface area (Å²) in [5.74, 6) is 0.487. The van der Waals surface area contributed by atoms with Crippen molar-refractivity contribution in [3.63, 3.8) is 0 Å². The molecular weight excluding hydrogens is 374 g/mol. The van der Waals surface area contributed by atoms with Gasteiger partial charge in [-0.2, -0.15) is 10.2 Å². The van der Waals surface area contributed by atoms with Crippen LogP contribution in [0.4, 0.5) is 0 Å². The Hall–Kier alpha value is -3.27. The number of rotatable bonds is 3. The molecule has 1 spiro atoms. The lowest BCUT2D eigenvalue weighted by Gasteiger charge is -2.33. The molecule has 1 unspecified atom stereocenters. The van der Waals surface area contributed by atoms with Crippen molar-refractivity contribution in [2.24, 2.45) is 7.05 Å². The second-order valence-electron chi connectivity index (χ2n) is 7.59. The highest BCUT2D eigenvalue weighted by Gasteiger charge is 2.45. The Kier molecular flexibility index (Phi) is 4.09. The van der Waals surface area contributed by atoms with Gasteiger partial charge in [-0.25, -0.2) is 9.48 Å². The highest BCUT2D eigenvalue weighted by molar-refractivity contribution is 5.92. The van der Waals surface area contributed by atoms with Gasteiger partial charge >= 0.3 is 5.69 Å². The first-order chi connectivity index (χ1) is 14.0. The summed E-state index contributed by atoms with van der Waals surface area (Å²) in [4.78, 5) is 31.6. The van der Waals surface area contributed by atoms with Crippen LogP contribution in [0.2, 0.25) is 0 Å². The minimum Gasteiger partial charge on any atom is -0.363 e. The van der Waals surface area contributed by atoms with Crippen LogP contribution in [-0.2, 0) is 31.5 Å². The largest absolute Gasteiger partial charge is 0.363 e. The van der Waals surface area contributed by atoms with Crippen molar-refractivity contribution in [1.29, 1.82) is 0 Å². The third-order valence-electron chi connectivity index (χ3n) is 5.53. The first kappa shape index (κ1) is 17.8. The summed E-state index contributed by atoms with van der Waals surface area (Å²) in [7, 11) is 1.78. The van der Waals surface area contributed by atoms with Gasteiger partial charge in [0.2, 0.25) is 0 Å². The molecule has 0 bridgehead atoms. The van der Waals surface area contributed by atoms with Crippen molar-refractivity contribution in [3.05, 3.63) is 64.4 Å². The molecule has 0 aliphatic carbocycles. The van der Waals surface area contributed by atoms with Gasteiger partial charge in [-0.3, -0.25) is 19.0 Å². The summed E-state index contributed by atoms with van der Waals surface area (Å²) in [6, 6.07) is 7.29. The highest BCUT2D eigenvalue weighted by Crippen LogP contribution is 2.32. The molecule has 5 heterocycles. The van der Waals surface area contributed by atoms with Gasteiger partial charge in [-0.05, 0) is 24.6 Å². The van der Waals surface area contributed by atoms with Gasteiger partial charge in [0.05, 0.1) is 25.3 Å². The van der Waals surface area contributed by atoms with Crippen LogP contribution in [0.25, 0.3) is 0 Å². The van der Waals surface area contributed by atoms with E-state index >= 15 is 0 Å². The average molecular weight is 395 g/mol. The predicted octanol–water partition coefficient (Wildman–Crippen LogP) is 0.0367. The summed E-state index contributed by atoms with van der Waals surface area (Å²) in [5.41, 5.74) is 0.443. The molecule has 0 saturated carbocycles. The molecule has 1 fully saturated rings. The Morgan fingerprint density at radius 3 is 2.90 bits per heavy atom. The average Bonchev–Trinajstić information content (AvgIpc) is 3.42. The lowest BCUT2D eigenvalue weighted by molar-refractivity contribution is -0.0816. The van der Waals surface area contributed by atoms with E-state index in [1.165, 1.54) is 4.68 Å². The lowest BCUT2D eigenvalue weighted by atomic mass is 10.0. The normalized spacial score (nSPS) is 20.9. The van der Waals surface area contributed by atoms with Gasteiger partial charge in [0, 0.05) is 26.0 Å². The van der Waals surface area contributed by atoms with Gasteiger partial charge in [-0.15, -0.1) is 0 Å². The zero-order valence-corrected chi connectivity index (χ0v) is 16.1. The first-order valence-electron chi connectivity index (χ1n) is 9.52. The number of aromatic nitrogens is 6. The maximum atomic E-state index is 12.9. The Bertz CT molecular complexity index is 1120. The monoisotopic (exact) mass is 395 g/mol. The van der Waals surface area contributed by atoms with E-state index in [1.807, 2.05) is 18.2 Å². The van der Waals surface area contributed by atoms with Crippen LogP contribution in [0.3, 0.4) is 0 Å². The van der Waals surface area contributed by atoms with Crippen LogP contribution in [0.5, 0.6) is 0 Å². The molecule has 1 atom stereocenters. The maximum Gasteiger partial charge on any atom is 0.346 e. The highest BCUT2D eigenvalue weighted by atomic mass is 16.5. The van der Waals surface area contributed by atoms with Crippen molar-refractivity contribution in [1.82, 2.24) is 34.0 Å². The van der Waals surface area contributed by atoms with E-state index in [4.69, 9.17) is 4.74 Å². The first-order valence-corrected chi connectivity index (χ1v) is 9.52. The molecule has 5 rings (SSSR count). The molecule has 3 aromatic rings. The number of hydrogen-bond acceptors (Lipinski definition) is 6. The quantitative estimate of drug-likeness (QED) is 0.621. The van der Waals surface area contributed by atoms with Gasteiger partial charge in [0.25, 0.3) is 5.91 Å². The molecule has 3 aromatic heterocycles. The lowest BCUT2D eigenvalue weighted by Crippen LogP contribution is -2.47. The van der Waals surface area contributed by atoms with Crippen LogP contribution in [0.1, 0.15) is 28.4 Å². The number of ether oxygens (including phenoxy) is 1. The van der Waals surface area contributed by atoms with E-state index in [9.17, 15) is 9.59 Å². The molecule has 0 N–H and O–H groups in total. The summed E-state index contributed by atoms with van der Waals surface area (Å²) in [6.45, 7) is 1.95. The number of fused-ring (bicyclic) bond motifs is 1. The Morgan fingerprint density at radius 2 is 2.14 bits per heavy atom. The molecule has 2 aliphatic rings. The van der Waals surface area contributed by atoms with E-state index in [-0.39, 0.29) is 18.2 Å². The van der Waals surface area contributed by atoms with Crippen LogP contribution in [0.15, 0.2) is 41.5 Å². The maximum absolute atomic E-state index is 12.9.